The highest BCUT2D eigenvalue weighted by atomic mass is 79.9. The third-order valence-electron chi connectivity index (χ3n) is 3.01. The molecule has 6 nitrogen and oxygen atoms in total. The second-order valence-electron chi connectivity index (χ2n) is 4.88. The highest BCUT2D eigenvalue weighted by molar-refractivity contribution is 9.10. The van der Waals surface area contributed by atoms with Gasteiger partial charge in [0.05, 0.1) is 11.9 Å². The Balaban J connectivity index is 2.53. The first-order valence-corrected chi connectivity index (χ1v) is 7.45. The maximum Gasteiger partial charge on any atom is 0.343 e. The van der Waals surface area contributed by atoms with Gasteiger partial charge in [0.2, 0.25) is 0 Å². The fourth-order valence-electron chi connectivity index (χ4n) is 2.03. The van der Waals surface area contributed by atoms with Gasteiger partial charge in [-0.05, 0) is 37.6 Å². The minimum Gasteiger partial charge on any atom is -0.446 e. The summed E-state index contributed by atoms with van der Waals surface area (Å²) in [6.07, 6.45) is 5.70. The first kappa shape index (κ1) is 16.8. The molecule has 1 aromatic carbocycles. The van der Waals surface area contributed by atoms with Crippen LogP contribution in [0, 0.1) is 19.3 Å². The molecular weight excluding hydrogens is 362 g/mol. The van der Waals surface area contributed by atoms with Crippen molar-refractivity contribution in [2.75, 3.05) is 0 Å². The van der Waals surface area contributed by atoms with Crippen LogP contribution in [-0.2, 0) is 4.74 Å². The number of nitrogens with zero attached hydrogens (tertiary/aromatic N) is 2. The van der Waals surface area contributed by atoms with E-state index in [9.17, 15) is 9.59 Å². The smallest absolute Gasteiger partial charge is 0.343 e. The molecule has 1 unspecified atom stereocenters. The number of rotatable bonds is 4. The molecule has 0 radical (unpaired) electrons. The van der Waals surface area contributed by atoms with Gasteiger partial charge in [0.1, 0.15) is 11.3 Å². The van der Waals surface area contributed by atoms with Gasteiger partial charge in [-0.1, -0.05) is 21.9 Å². The molecule has 2 N–H and O–H groups in total. The summed E-state index contributed by atoms with van der Waals surface area (Å²) in [5, 5.41) is 4.09. The molecule has 1 heterocycles. The van der Waals surface area contributed by atoms with Crippen LogP contribution >= 0.6 is 15.9 Å². The van der Waals surface area contributed by atoms with E-state index in [4.69, 9.17) is 16.9 Å². The fourth-order valence-corrected chi connectivity index (χ4v) is 2.62. The molecule has 118 valence electrons. The van der Waals surface area contributed by atoms with Crippen molar-refractivity contribution in [2.24, 2.45) is 5.73 Å². The number of hydrogen-bond donors (Lipinski definition) is 1. The lowest BCUT2D eigenvalue weighted by atomic mass is 10.2. The Bertz CT molecular complexity index is 800. The summed E-state index contributed by atoms with van der Waals surface area (Å²) >= 11 is 3.38. The number of ether oxygens (including phenoxy) is 1. The first-order chi connectivity index (χ1) is 10.8. The van der Waals surface area contributed by atoms with E-state index < -0.39 is 18.0 Å². The Morgan fingerprint density at radius 2 is 2.13 bits per heavy atom. The quantitative estimate of drug-likeness (QED) is 0.655. The topological polar surface area (TPSA) is 87.2 Å². The lowest BCUT2D eigenvalue weighted by Gasteiger charge is -2.09. The van der Waals surface area contributed by atoms with Crippen LogP contribution in [0.1, 0.15) is 33.3 Å². The molecule has 0 saturated heterocycles. The number of esters is 1. The minimum absolute atomic E-state index is 0.0303. The SMILES string of the molecule is C#CC(C)OC(=O)c1cnn(-c2cc(C)cc(Br)c2)c1C(N)=O. The standard InChI is InChI=1S/C16H14BrN3O3/c1-4-10(3)23-16(22)13-8-19-20(14(13)15(18)21)12-6-9(2)5-11(17)7-12/h1,5-8,10H,2-3H3,(H2,18,21). The number of aromatic nitrogens is 2. The monoisotopic (exact) mass is 375 g/mol. The summed E-state index contributed by atoms with van der Waals surface area (Å²) in [7, 11) is 0. The maximum atomic E-state index is 12.1. The summed E-state index contributed by atoms with van der Waals surface area (Å²) in [4.78, 5) is 23.9. The van der Waals surface area contributed by atoms with Gasteiger partial charge >= 0.3 is 5.97 Å². The number of hydrogen-bond acceptors (Lipinski definition) is 4. The molecule has 1 aromatic heterocycles. The van der Waals surface area contributed by atoms with Crippen molar-refractivity contribution in [2.45, 2.75) is 20.0 Å². The normalized spacial score (nSPS) is 11.6. The van der Waals surface area contributed by atoms with Crippen molar-refractivity contribution in [1.29, 1.82) is 0 Å². The predicted molar refractivity (Wildman–Crippen MR) is 88.2 cm³/mol. The number of amides is 1. The molecule has 0 spiro atoms. The van der Waals surface area contributed by atoms with E-state index in [1.54, 1.807) is 13.0 Å². The van der Waals surface area contributed by atoms with Gasteiger partial charge in [-0.3, -0.25) is 4.79 Å². The molecular formula is C16H14BrN3O3. The van der Waals surface area contributed by atoms with E-state index in [0.717, 1.165) is 10.0 Å². The van der Waals surface area contributed by atoms with E-state index in [2.05, 4.69) is 26.9 Å². The van der Waals surface area contributed by atoms with Gasteiger partial charge in [0.15, 0.2) is 6.10 Å². The number of primary amides is 1. The molecule has 0 bridgehead atoms. The molecule has 2 rings (SSSR count). The zero-order chi connectivity index (χ0) is 17.1. The van der Waals surface area contributed by atoms with Gasteiger partial charge in [0, 0.05) is 4.47 Å². The molecule has 0 aliphatic rings. The van der Waals surface area contributed by atoms with Gasteiger partial charge < -0.3 is 10.5 Å². The van der Waals surface area contributed by atoms with Crippen LogP contribution in [0.3, 0.4) is 0 Å². The lowest BCUT2D eigenvalue weighted by molar-refractivity contribution is 0.0436. The Labute approximate surface area is 141 Å². The van der Waals surface area contributed by atoms with Crippen LogP contribution in [0.5, 0.6) is 0 Å². The van der Waals surface area contributed by atoms with Gasteiger partial charge in [0.25, 0.3) is 5.91 Å². The summed E-state index contributed by atoms with van der Waals surface area (Å²) < 4.78 is 7.14. The van der Waals surface area contributed by atoms with Crippen molar-refractivity contribution >= 4 is 27.8 Å². The summed E-state index contributed by atoms with van der Waals surface area (Å²) in [6, 6.07) is 5.47. The molecule has 0 aliphatic heterocycles. The van der Waals surface area contributed by atoms with Crippen molar-refractivity contribution in [3.05, 3.63) is 45.7 Å². The van der Waals surface area contributed by atoms with Gasteiger partial charge in [-0.15, -0.1) is 6.42 Å². The van der Waals surface area contributed by atoms with Crippen molar-refractivity contribution in [1.82, 2.24) is 9.78 Å². The predicted octanol–water partition coefficient (Wildman–Crippen LogP) is 2.22. The summed E-state index contributed by atoms with van der Waals surface area (Å²) in [6.45, 7) is 3.44. The summed E-state index contributed by atoms with van der Waals surface area (Å²) in [5.41, 5.74) is 6.87. The Hall–Kier alpha value is -2.59. The zero-order valence-corrected chi connectivity index (χ0v) is 14.1. The van der Waals surface area contributed by atoms with E-state index in [1.807, 2.05) is 19.1 Å². The fraction of sp³-hybridized carbons (Fsp3) is 0.188. The molecule has 0 fully saturated rings. The van der Waals surface area contributed by atoms with Crippen LogP contribution in [0.4, 0.5) is 0 Å². The van der Waals surface area contributed by atoms with E-state index in [1.165, 1.54) is 10.9 Å². The van der Waals surface area contributed by atoms with Crippen LogP contribution in [-0.4, -0.2) is 27.8 Å². The van der Waals surface area contributed by atoms with Crippen LogP contribution in [0.15, 0.2) is 28.9 Å². The van der Waals surface area contributed by atoms with Crippen molar-refractivity contribution in [3.8, 4) is 18.0 Å². The second-order valence-corrected chi connectivity index (χ2v) is 5.80. The number of terminal acetylenes is 1. The lowest BCUT2D eigenvalue weighted by Crippen LogP contribution is -2.22. The average Bonchev–Trinajstić information content (AvgIpc) is 2.91. The highest BCUT2D eigenvalue weighted by Gasteiger charge is 2.24. The van der Waals surface area contributed by atoms with E-state index >= 15 is 0 Å². The number of halogens is 1. The molecule has 1 atom stereocenters. The van der Waals surface area contributed by atoms with Crippen LogP contribution in [0.25, 0.3) is 5.69 Å². The maximum absolute atomic E-state index is 12.1. The van der Waals surface area contributed by atoms with E-state index in [-0.39, 0.29) is 11.3 Å². The van der Waals surface area contributed by atoms with Crippen LogP contribution in [0.2, 0.25) is 0 Å². The Kier molecular flexibility index (Phi) is 4.86. The average molecular weight is 376 g/mol. The zero-order valence-electron chi connectivity index (χ0n) is 12.5. The second kappa shape index (κ2) is 6.67. The number of nitrogens with two attached hydrogens (primary N) is 1. The molecule has 0 aliphatic carbocycles. The third-order valence-corrected chi connectivity index (χ3v) is 3.47. The number of aryl methyl sites for hydroxylation is 1. The molecule has 1 amide bonds. The highest BCUT2D eigenvalue weighted by Crippen LogP contribution is 2.21. The van der Waals surface area contributed by atoms with Crippen LogP contribution < -0.4 is 5.73 Å². The van der Waals surface area contributed by atoms with Gasteiger partial charge in [-0.2, -0.15) is 5.10 Å². The molecule has 23 heavy (non-hydrogen) atoms. The number of benzene rings is 1. The first-order valence-electron chi connectivity index (χ1n) is 6.66. The minimum atomic E-state index is -0.791. The molecule has 2 aromatic rings. The number of carbonyl (C=O) groups excluding carboxylic acids is 2. The number of carbonyl (C=O) groups is 2. The Morgan fingerprint density at radius 3 is 2.70 bits per heavy atom. The summed E-state index contributed by atoms with van der Waals surface area (Å²) in [5.74, 6) is 0.736. The van der Waals surface area contributed by atoms with Crippen molar-refractivity contribution < 1.29 is 14.3 Å². The van der Waals surface area contributed by atoms with Gasteiger partial charge in [-0.25, -0.2) is 9.48 Å². The van der Waals surface area contributed by atoms with Crippen molar-refractivity contribution in [3.63, 3.8) is 0 Å². The Morgan fingerprint density at radius 1 is 1.43 bits per heavy atom. The molecule has 0 saturated carbocycles. The molecule has 7 heteroatoms. The third kappa shape index (κ3) is 3.60. The van der Waals surface area contributed by atoms with E-state index in [0.29, 0.717) is 5.69 Å². The largest absolute Gasteiger partial charge is 0.446 e.